The van der Waals surface area contributed by atoms with Crippen LogP contribution >= 0.6 is 11.3 Å². The van der Waals surface area contributed by atoms with Gasteiger partial charge in [0.05, 0.1) is 22.3 Å². The highest BCUT2D eigenvalue weighted by atomic mass is 32.2. The number of benzene rings is 3. The van der Waals surface area contributed by atoms with Crippen LogP contribution in [0, 0.1) is 0 Å². The number of nitrogens with one attached hydrogen (secondary N) is 1. The van der Waals surface area contributed by atoms with Gasteiger partial charge in [-0.3, -0.25) is 9.80 Å². The maximum atomic E-state index is 13.7. The summed E-state index contributed by atoms with van der Waals surface area (Å²) in [5.41, 5.74) is 0.434. The summed E-state index contributed by atoms with van der Waals surface area (Å²) in [4.78, 5) is 29.8. The standard InChI is InChI=1S/C31H30F4N6O7S2/c32-11-12-47-22-7-3-19(4-8-22)14-26(28(42)37-25(29(43)44)13-18-1-5-20(6-2-18)31(33,34)35)41-16-21(39-40-41)17-48-23-9-10-24-27(15-23)49-30(38-24)50(36,45)46/h1-10,15,21,25-26H,11-14,16-17H2,(H,37,42)(H,43,44)(H2,36,45,46)/t21?,25-,26+/m1/s1. The Hall–Kier alpha value is -4.88. The van der Waals surface area contributed by atoms with Crippen molar-refractivity contribution in [2.24, 2.45) is 15.5 Å². The molecule has 1 amide bonds. The number of thiazole rings is 1. The first-order valence-electron chi connectivity index (χ1n) is 14.9. The molecule has 266 valence electrons. The molecule has 4 N–H and O–H groups in total. The van der Waals surface area contributed by atoms with Gasteiger partial charge in [-0.1, -0.05) is 29.5 Å². The molecule has 13 nitrogen and oxygen atoms in total. The maximum Gasteiger partial charge on any atom is 0.416 e. The van der Waals surface area contributed by atoms with Gasteiger partial charge in [-0.25, -0.2) is 27.7 Å². The van der Waals surface area contributed by atoms with Gasteiger partial charge in [0.15, 0.2) is 0 Å². The van der Waals surface area contributed by atoms with Crippen LogP contribution in [0.25, 0.3) is 10.2 Å². The van der Waals surface area contributed by atoms with Crippen LogP contribution in [0.3, 0.4) is 0 Å². The molecule has 50 heavy (non-hydrogen) atoms. The molecular formula is C31H30F4N6O7S2. The van der Waals surface area contributed by atoms with Gasteiger partial charge in [0, 0.05) is 12.8 Å². The van der Waals surface area contributed by atoms with Crippen LogP contribution in [-0.2, 0) is 38.6 Å². The number of fused-ring (bicyclic) bond motifs is 1. The Morgan fingerprint density at radius 1 is 1.02 bits per heavy atom. The predicted octanol–water partition coefficient (Wildman–Crippen LogP) is 4.16. The molecule has 0 spiro atoms. The lowest BCUT2D eigenvalue weighted by atomic mass is 10.0. The third-order valence-electron chi connectivity index (χ3n) is 7.45. The quantitative estimate of drug-likeness (QED) is 0.151. The smallest absolute Gasteiger partial charge is 0.416 e. The molecule has 5 rings (SSSR count). The highest BCUT2D eigenvalue weighted by Gasteiger charge is 2.34. The molecule has 3 atom stereocenters. The number of carboxylic acid groups (broad SMARTS) is 1. The number of sulfonamides is 1. The molecule has 1 aliphatic heterocycles. The van der Waals surface area contributed by atoms with Crippen LogP contribution in [0.1, 0.15) is 16.7 Å². The van der Waals surface area contributed by atoms with Gasteiger partial charge in [0.1, 0.15) is 49.5 Å². The number of hydrogen-bond donors (Lipinski definition) is 3. The van der Waals surface area contributed by atoms with Crippen LogP contribution in [-0.4, -0.2) is 80.0 Å². The fourth-order valence-corrected chi connectivity index (χ4v) is 6.64. The third kappa shape index (κ3) is 9.42. The van der Waals surface area contributed by atoms with E-state index < -0.39 is 58.4 Å². The summed E-state index contributed by atoms with van der Waals surface area (Å²) in [7, 11) is -3.98. The molecule has 0 fully saturated rings. The highest BCUT2D eigenvalue weighted by molar-refractivity contribution is 7.91. The number of amides is 1. The van der Waals surface area contributed by atoms with Crippen LogP contribution < -0.4 is 19.9 Å². The lowest BCUT2D eigenvalue weighted by molar-refractivity contribution is -0.142. The lowest BCUT2D eigenvalue weighted by Crippen LogP contribution is -2.52. The second kappa shape index (κ2) is 15.3. The summed E-state index contributed by atoms with van der Waals surface area (Å²) >= 11 is 0.888. The average molecular weight is 739 g/mol. The molecular weight excluding hydrogens is 709 g/mol. The highest BCUT2D eigenvalue weighted by Crippen LogP contribution is 2.30. The summed E-state index contributed by atoms with van der Waals surface area (Å²) in [5, 5.41) is 27.3. The number of aliphatic carboxylic acids is 1. The van der Waals surface area contributed by atoms with E-state index in [0.29, 0.717) is 27.3 Å². The van der Waals surface area contributed by atoms with Gasteiger partial charge >= 0.3 is 12.1 Å². The molecule has 4 aromatic rings. The van der Waals surface area contributed by atoms with Crippen molar-refractivity contribution in [3.8, 4) is 11.5 Å². The van der Waals surface area contributed by atoms with E-state index in [1.165, 1.54) is 5.01 Å². The van der Waals surface area contributed by atoms with E-state index in [9.17, 15) is 40.7 Å². The van der Waals surface area contributed by atoms with Crippen molar-refractivity contribution in [2.75, 3.05) is 26.4 Å². The fourth-order valence-electron chi connectivity index (χ4n) is 4.96. The zero-order valence-corrected chi connectivity index (χ0v) is 27.5. The number of aromatic nitrogens is 1. The molecule has 1 unspecified atom stereocenters. The molecule has 3 aromatic carbocycles. The van der Waals surface area contributed by atoms with Crippen LogP contribution in [0.2, 0.25) is 0 Å². The van der Waals surface area contributed by atoms with Gasteiger partial charge in [0.25, 0.3) is 10.0 Å². The first-order valence-corrected chi connectivity index (χ1v) is 17.3. The number of carbonyl (C=O) groups excluding carboxylic acids is 1. The summed E-state index contributed by atoms with van der Waals surface area (Å²) in [6, 6.07) is 12.2. The van der Waals surface area contributed by atoms with Crippen molar-refractivity contribution in [3.05, 3.63) is 83.4 Å². The Labute approximate surface area is 286 Å². The molecule has 0 aliphatic carbocycles. The fraction of sp³-hybridized carbons (Fsp3) is 0.323. The van der Waals surface area contributed by atoms with E-state index in [1.54, 1.807) is 42.5 Å². The van der Waals surface area contributed by atoms with E-state index in [1.807, 2.05) is 0 Å². The topological polar surface area (TPSA) is 186 Å². The number of ether oxygens (including phenoxy) is 2. The van der Waals surface area contributed by atoms with Gasteiger partial charge < -0.3 is 19.9 Å². The van der Waals surface area contributed by atoms with Gasteiger partial charge in [-0.2, -0.15) is 18.3 Å². The minimum Gasteiger partial charge on any atom is -0.491 e. The second-order valence-corrected chi connectivity index (χ2v) is 13.9. The third-order valence-corrected chi connectivity index (χ3v) is 9.79. The van der Waals surface area contributed by atoms with E-state index in [0.717, 1.165) is 35.6 Å². The van der Waals surface area contributed by atoms with E-state index in [-0.39, 0.29) is 42.5 Å². The number of hydrogen-bond acceptors (Lipinski definition) is 11. The first kappa shape index (κ1) is 36.4. The summed E-state index contributed by atoms with van der Waals surface area (Å²) < 4.78 is 86.3. The molecule has 2 heterocycles. The lowest BCUT2D eigenvalue weighted by Gasteiger charge is -2.27. The molecule has 0 saturated carbocycles. The van der Waals surface area contributed by atoms with Crippen LogP contribution in [0.15, 0.2) is 81.4 Å². The SMILES string of the molecule is NS(=O)(=O)c1nc2ccc(OCC3CN([C@@H](Cc4ccc(OCCF)cc4)C(=O)N[C@H](Cc4ccc(C(F)(F)F)cc4)C(=O)O)N=N3)cc2s1. The zero-order chi connectivity index (χ0) is 36.1. The Morgan fingerprint density at radius 3 is 2.32 bits per heavy atom. The minimum atomic E-state index is -4.56. The van der Waals surface area contributed by atoms with E-state index in [2.05, 4.69) is 20.6 Å². The predicted molar refractivity (Wildman–Crippen MR) is 172 cm³/mol. The molecule has 1 aromatic heterocycles. The van der Waals surface area contributed by atoms with Crippen molar-refractivity contribution < 1.29 is 50.1 Å². The van der Waals surface area contributed by atoms with Crippen LogP contribution in [0.5, 0.6) is 11.5 Å². The minimum absolute atomic E-state index is 0.0208. The summed E-state index contributed by atoms with van der Waals surface area (Å²) in [6.07, 6.45) is -4.80. The van der Waals surface area contributed by atoms with E-state index in [4.69, 9.17) is 14.6 Å². The molecule has 19 heteroatoms. The number of carboxylic acids is 1. The maximum absolute atomic E-state index is 13.7. The monoisotopic (exact) mass is 738 g/mol. The average Bonchev–Trinajstić information content (AvgIpc) is 3.72. The van der Waals surface area contributed by atoms with Crippen molar-refractivity contribution in [3.63, 3.8) is 0 Å². The van der Waals surface area contributed by atoms with Crippen molar-refractivity contribution in [1.82, 2.24) is 15.3 Å². The number of rotatable bonds is 15. The number of nitrogens with two attached hydrogens (primary N) is 1. The normalized spacial score (nSPS) is 15.9. The Kier molecular flexibility index (Phi) is 11.2. The van der Waals surface area contributed by atoms with Gasteiger partial charge in [-0.05, 0) is 53.6 Å². The summed E-state index contributed by atoms with van der Waals surface area (Å²) in [6.45, 7) is -0.685. The number of carbonyl (C=O) groups is 2. The molecule has 1 aliphatic rings. The molecule has 0 saturated heterocycles. The van der Waals surface area contributed by atoms with Crippen molar-refractivity contribution in [2.45, 2.75) is 41.5 Å². The largest absolute Gasteiger partial charge is 0.491 e. The van der Waals surface area contributed by atoms with Crippen molar-refractivity contribution >= 4 is 43.5 Å². The number of nitrogens with zero attached hydrogens (tertiary/aromatic N) is 4. The summed E-state index contributed by atoms with van der Waals surface area (Å²) in [5.74, 6) is -1.31. The molecule has 0 radical (unpaired) electrons. The first-order chi connectivity index (χ1) is 23.7. The Bertz CT molecular complexity index is 1960. The number of primary sulfonamides is 1. The second-order valence-electron chi connectivity index (χ2n) is 11.1. The van der Waals surface area contributed by atoms with Crippen LogP contribution in [0.4, 0.5) is 17.6 Å². The number of halogens is 4. The van der Waals surface area contributed by atoms with Gasteiger partial charge in [0.2, 0.25) is 10.2 Å². The Balaban J connectivity index is 1.28. The van der Waals surface area contributed by atoms with Gasteiger partial charge in [-0.15, -0.1) is 11.3 Å². The zero-order valence-electron chi connectivity index (χ0n) is 25.9. The van der Waals surface area contributed by atoms with Crippen molar-refractivity contribution in [1.29, 1.82) is 0 Å². The molecule has 0 bridgehead atoms. The number of alkyl halides is 4. The Morgan fingerprint density at radius 2 is 1.68 bits per heavy atom. The van der Waals surface area contributed by atoms with E-state index >= 15 is 0 Å².